The highest BCUT2D eigenvalue weighted by Crippen LogP contribution is 2.37. The summed E-state index contributed by atoms with van der Waals surface area (Å²) in [7, 11) is 0. The first-order valence-corrected chi connectivity index (χ1v) is 10.1. The number of hydrogen-bond acceptors (Lipinski definition) is 3. The molecule has 0 N–H and O–H groups in total. The van der Waals surface area contributed by atoms with Gasteiger partial charge < -0.3 is 9.64 Å². The van der Waals surface area contributed by atoms with Gasteiger partial charge in [0.15, 0.2) is 0 Å². The predicted molar refractivity (Wildman–Crippen MR) is 98.1 cm³/mol. The zero-order chi connectivity index (χ0) is 19.0. The standard InChI is InChI=1S/C21H28F2N2O2/c1-14(26)25-18-2-3-19(25)12-21(11-18)27-20-4-6-24(7-5-20)13-15-8-16(22)10-17(23)9-15/h8-10,18-21H,2-7,11-13H2,1H3/t18-,19+,21?. The van der Waals surface area contributed by atoms with Gasteiger partial charge in [0, 0.05) is 44.7 Å². The number of likely N-dealkylation sites (tertiary alicyclic amines) is 1. The van der Waals surface area contributed by atoms with E-state index in [9.17, 15) is 13.6 Å². The van der Waals surface area contributed by atoms with Crippen LogP contribution < -0.4 is 0 Å². The summed E-state index contributed by atoms with van der Waals surface area (Å²) in [5.41, 5.74) is 0.681. The maximum Gasteiger partial charge on any atom is 0.219 e. The number of benzene rings is 1. The summed E-state index contributed by atoms with van der Waals surface area (Å²) in [6, 6.07) is 4.44. The topological polar surface area (TPSA) is 32.8 Å². The van der Waals surface area contributed by atoms with Crippen LogP contribution in [0.25, 0.3) is 0 Å². The number of piperidine rings is 2. The molecule has 4 nitrogen and oxygen atoms in total. The number of carbonyl (C=O) groups is 1. The number of ether oxygens (including phenoxy) is 1. The Hall–Kier alpha value is -1.53. The molecule has 1 unspecified atom stereocenters. The van der Waals surface area contributed by atoms with Crippen molar-refractivity contribution < 1.29 is 18.3 Å². The van der Waals surface area contributed by atoms with E-state index in [2.05, 4.69) is 9.80 Å². The molecule has 0 spiro atoms. The van der Waals surface area contributed by atoms with Gasteiger partial charge in [-0.2, -0.15) is 0 Å². The lowest BCUT2D eigenvalue weighted by molar-refractivity contribution is -0.138. The quantitative estimate of drug-likeness (QED) is 0.804. The Kier molecular flexibility index (Phi) is 5.46. The van der Waals surface area contributed by atoms with E-state index in [1.165, 1.54) is 12.1 Å². The van der Waals surface area contributed by atoms with Gasteiger partial charge in [0.25, 0.3) is 0 Å². The Labute approximate surface area is 159 Å². The molecule has 148 valence electrons. The molecule has 0 aliphatic carbocycles. The van der Waals surface area contributed by atoms with Gasteiger partial charge in [0.2, 0.25) is 5.91 Å². The zero-order valence-electron chi connectivity index (χ0n) is 15.9. The summed E-state index contributed by atoms with van der Waals surface area (Å²) in [4.78, 5) is 16.1. The Balaban J connectivity index is 1.25. The average Bonchev–Trinajstić information content (AvgIpc) is 2.87. The minimum absolute atomic E-state index is 0.197. The Morgan fingerprint density at radius 1 is 1.00 bits per heavy atom. The van der Waals surface area contributed by atoms with Crippen molar-refractivity contribution >= 4 is 5.91 Å². The van der Waals surface area contributed by atoms with Crippen molar-refractivity contribution in [1.29, 1.82) is 0 Å². The maximum absolute atomic E-state index is 13.3. The van der Waals surface area contributed by atoms with E-state index >= 15 is 0 Å². The molecule has 1 amide bonds. The van der Waals surface area contributed by atoms with E-state index in [1.807, 2.05) is 0 Å². The summed E-state index contributed by atoms with van der Waals surface area (Å²) >= 11 is 0. The van der Waals surface area contributed by atoms with Gasteiger partial charge in [-0.05, 0) is 56.2 Å². The fraction of sp³-hybridized carbons (Fsp3) is 0.667. The molecule has 3 fully saturated rings. The van der Waals surface area contributed by atoms with Crippen molar-refractivity contribution in [3.63, 3.8) is 0 Å². The molecule has 1 aromatic rings. The zero-order valence-corrected chi connectivity index (χ0v) is 15.9. The Bertz CT molecular complexity index is 657. The van der Waals surface area contributed by atoms with E-state index in [0.717, 1.165) is 57.7 Å². The third-order valence-electron chi connectivity index (χ3n) is 6.30. The second kappa shape index (κ2) is 7.84. The van der Waals surface area contributed by atoms with E-state index in [-0.39, 0.29) is 18.1 Å². The Morgan fingerprint density at radius 3 is 2.15 bits per heavy atom. The summed E-state index contributed by atoms with van der Waals surface area (Å²) < 4.78 is 33.1. The van der Waals surface area contributed by atoms with Gasteiger partial charge in [0.05, 0.1) is 12.2 Å². The summed E-state index contributed by atoms with van der Waals surface area (Å²) in [6.07, 6.45) is 6.52. The minimum Gasteiger partial charge on any atom is -0.375 e. The van der Waals surface area contributed by atoms with Crippen LogP contribution in [0.2, 0.25) is 0 Å². The van der Waals surface area contributed by atoms with E-state index in [1.54, 1.807) is 6.92 Å². The molecule has 27 heavy (non-hydrogen) atoms. The van der Waals surface area contributed by atoms with Crippen LogP contribution in [-0.2, 0) is 16.1 Å². The molecule has 1 aromatic carbocycles. The molecule has 2 bridgehead atoms. The van der Waals surface area contributed by atoms with Crippen molar-refractivity contribution in [3.8, 4) is 0 Å². The molecule has 0 aromatic heterocycles. The molecular formula is C21H28F2N2O2. The van der Waals surface area contributed by atoms with Crippen molar-refractivity contribution in [3.05, 3.63) is 35.4 Å². The normalized spacial score (nSPS) is 29.3. The predicted octanol–water partition coefficient (Wildman–Crippen LogP) is 3.49. The molecule has 3 aliphatic rings. The van der Waals surface area contributed by atoms with E-state index < -0.39 is 11.6 Å². The molecule has 0 saturated carbocycles. The van der Waals surface area contributed by atoms with Gasteiger partial charge in [-0.15, -0.1) is 0 Å². The summed E-state index contributed by atoms with van der Waals surface area (Å²) in [6.45, 7) is 4.00. The Morgan fingerprint density at radius 2 is 1.59 bits per heavy atom. The SMILES string of the molecule is CC(=O)N1[C@@H]2CC[C@H]1CC(OC1CCN(Cc3cc(F)cc(F)c3)CC1)C2. The van der Waals surface area contributed by atoms with Gasteiger partial charge in [-0.25, -0.2) is 8.78 Å². The van der Waals surface area contributed by atoms with Crippen LogP contribution in [0.4, 0.5) is 8.78 Å². The highest BCUT2D eigenvalue weighted by atomic mass is 19.1. The third kappa shape index (κ3) is 4.32. The first-order chi connectivity index (χ1) is 13.0. The largest absolute Gasteiger partial charge is 0.375 e. The van der Waals surface area contributed by atoms with Crippen LogP contribution in [-0.4, -0.2) is 53.1 Å². The second-order valence-corrected chi connectivity index (χ2v) is 8.29. The average molecular weight is 378 g/mol. The third-order valence-corrected chi connectivity index (χ3v) is 6.30. The van der Waals surface area contributed by atoms with E-state index in [4.69, 9.17) is 4.74 Å². The fourth-order valence-electron chi connectivity index (χ4n) is 5.19. The number of hydrogen-bond donors (Lipinski definition) is 0. The van der Waals surface area contributed by atoms with Crippen LogP contribution in [0, 0.1) is 11.6 Å². The van der Waals surface area contributed by atoms with Gasteiger partial charge in [-0.1, -0.05) is 0 Å². The van der Waals surface area contributed by atoms with Gasteiger partial charge >= 0.3 is 0 Å². The van der Waals surface area contributed by atoms with Crippen LogP contribution >= 0.6 is 0 Å². The molecule has 4 rings (SSSR count). The molecule has 3 heterocycles. The van der Waals surface area contributed by atoms with Gasteiger partial charge in [-0.3, -0.25) is 9.69 Å². The number of nitrogens with zero attached hydrogens (tertiary/aromatic N) is 2. The maximum atomic E-state index is 13.3. The molecule has 3 saturated heterocycles. The highest BCUT2D eigenvalue weighted by Gasteiger charge is 2.43. The molecule has 6 heteroatoms. The fourth-order valence-corrected chi connectivity index (χ4v) is 5.19. The number of halogens is 2. The van der Waals surface area contributed by atoms with Crippen molar-refractivity contribution in [2.24, 2.45) is 0 Å². The van der Waals surface area contributed by atoms with E-state index in [0.29, 0.717) is 24.2 Å². The van der Waals surface area contributed by atoms with Gasteiger partial charge in [0.1, 0.15) is 11.6 Å². The molecular weight excluding hydrogens is 350 g/mol. The molecule has 3 atom stereocenters. The minimum atomic E-state index is -0.519. The van der Waals surface area contributed by atoms with Crippen LogP contribution in [0.5, 0.6) is 0 Å². The van der Waals surface area contributed by atoms with Crippen LogP contribution in [0.1, 0.15) is 51.0 Å². The van der Waals surface area contributed by atoms with Crippen LogP contribution in [0.3, 0.4) is 0 Å². The monoisotopic (exact) mass is 378 g/mol. The molecule has 3 aliphatic heterocycles. The lowest BCUT2D eigenvalue weighted by Crippen LogP contribution is -2.49. The summed E-state index contributed by atoms with van der Waals surface area (Å²) in [5, 5.41) is 0. The summed E-state index contributed by atoms with van der Waals surface area (Å²) in [5.74, 6) is -0.840. The number of carbonyl (C=O) groups excluding carboxylic acids is 1. The van der Waals surface area contributed by atoms with Crippen molar-refractivity contribution in [2.75, 3.05) is 13.1 Å². The highest BCUT2D eigenvalue weighted by molar-refractivity contribution is 5.74. The van der Waals surface area contributed by atoms with Crippen molar-refractivity contribution in [2.45, 2.75) is 76.3 Å². The lowest BCUT2D eigenvalue weighted by atomic mass is 9.98. The van der Waals surface area contributed by atoms with Crippen LogP contribution in [0.15, 0.2) is 18.2 Å². The molecule has 0 radical (unpaired) electrons. The first kappa shape index (κ1) is 18.8. The van der Waals surface area contributed by atoms with Crippen molar-refractivity contribution in [1.82, 2.24) is 9.80 Å². The smallest absolute Gasteiger partial charge is 0.219 e. The lowest BCUT2D eigenvalue weighted by Gasteiger charge is -2.41. The number of rotatable bonds is 4. The number of amides is 1. The first-order valence-electron chi connectivity index (χ1n) is 10.1. The number of fused-ring (bicyclic) bond motifs is 2. The second-order valence-electron chi connectivity index (χ2n) is 8.29.